The second-order valence-corrected chi connectivity index (χ2v) is 6.04. The number of hydrogen-bond donors (Lipinski definition) is 0. The zero-order valence-corrected chi connectivity index (χ0v) is 12.2. The van der Waals surface area contributed by atoms with Crippen LogP contribution >= 0.6 is 0 Å². The SMILES string of the molecule is CC=C(C=CC(CC)CC)CC1CC2C=CC1C2. The zero-order chi connectivity index (χ0) is 13.0. The van der Waals surface area contributed by atoms with Gasteiger partial charge >= 0.3 is 0 Å². The Balaban J connectivity index is 1.88. The molecule has 1 fully saturated rings. The minimum absolute atomic E-state index is 0.764. The van der Waals surface area contributed by atoms with Crippen LogP contribution in [0.25, 0.3) is 0 Å². The number of fused-ring (bicyclic) bond motifs is 2. The van der Waals surface area contributed by atoms with Gasteiger partial charge in [-0.25, -0.2) is 0 Å². The fourth-order valence-corrected chi connectivity index (χ4v) is 3.53. The van der Waals surface area contributed by atoms with Crippen LogP contribution in [0.4, 0.5) is 0 Å². The van der Waals surface area contributed by atoms with E-state index in [-0.39, 0.29) is 0 Å². The van der Waals surface area contributed by atoms with Gasteiger partial charge in [-0.05, 0) is 62.7 Å². The Bertz CT molecular complexity index is 341. The molecule has 2 rings (SSSR count). The Morgan fingerprint density at radius 1 is 1.22 bits per heavy atom. The van der Waals surface area contributed by atoms with E-state index in [1.807, 2.05) is 0 Å². The first-order valence-corrected chi connectivity index (χ1v) is 7.78. The van der Waals surface area contributed by atoms with Crippen molar-refractivity contribution in [3.05, 3.63) is 36.0 Å². The molecule has 0 nitrogen and oxygen atoms in total. The lowest BCUT2D eigenvalue weighted by molar-refractivity contribution is 0.447. The van der Waals surface area contributed by atoms with Crippen LogP contribution < -0.4 is 0 Å². The lowest BCUT2D eigenvalue weighted by Crippen LogP contribution is -2.07. The van der Waals surface area contributed by atoms with E-state index >= 15 is 0 Å². The Morgan fingerprint density at radius 3 is 2.50 bits per heavy atom. The van der Waals surface area contributed by atoms with E-state index in [0.717, 1.165) is 23.7 Å². The molecule has 0 spiro atoms. The van der Waals surface area contributed by atoms with Gasteiger partial charge in [0, 0.05) is 0 Å². The first kappa shape index (κ1) is 13.6. The van der Waals surface area contributed by atoms with Gasteiger partial charge in [-0.15, -0.1) is 0 Å². The molecule has 100 valence electrons. The van der Waals surface area contributed by atoms with Gasteiger partial charge in [0.15, 0.2) is 0 Å². The normalized spacial score (nSPS) is 31.1. The van der Waals surface area contributed by atoms with E-state index in [9.17, 15) is 0 Å². The maximum Gasteiger partial charge on any atom is -0.0196 e. The van der Waals surface area contributed by atoms with E-state index in [0.29, 0.717) is 0 Å². The third-order valence-electron chi connectivity index (χ3n) is 4.92. The van der Waals surface area contributed by atoms with Gasteiger partial charge in [0.25, 0.3) is 0 Å². The maximum absolute atomic E-state index is 2.47. The van der Waals surface area contributed by atoms with Crippen LogP contribution in [0.15, 0.2) is 36.0 Å². The summed E-state index contributed by atoms with van der Waals surface area (Å²) in [6.45, 7) is 6.76. The topological polar surface area (TPSA) is 0 Å². The van der Waals surface area contributed by atoms with Crippen LogP contribution in [0.5, 0.6) is 0 Å². The molecule has 0 aromatic rings. The van der Waals surface area contributed by atoms with Crippen LogP contribution in [0.2, 0.25) is 0 Å². The molecule has 0 saturated heterocycles. The number of rotatable bonds is 6. The van der Waals surface area contributed by atoms with E-state index in [1.54, 1.807) is 5.57 Å². The minimum Gasteiger partial charge on any atom is -0.0851 e. The molecule has 0 amide bonds. The van der Waals surface area contributed by atoms with Crippen molar-refractivity contribution < 1.29 is 0 Å². The van der Waals surface area contributed by atoms with Crippen molar-refractivity contribution in [3.63, 3.8) is 0 Å². The molecule has 3 unspecified atom stereocenters. The summed E-state index contributed by atoms with van der Waals surface area (Å²) < 4.78 is 0. The molecule has 0 radical (unpaired) electrons. The average molecular weight is 244 g/mol. The molecule has 2 aliphatic rings. The van der Waals surface area contributed by atoms with Crippen molar-refractivity contribution in [3.8, 4) is 0 Å². The largest absolute Gasteiger partial charge is 0.0851 e. The Labute approximate surface area is 113 Å². The Hall–Kier alpha value is -0.780. The van der Waals surface area contributed by atoms with Gasteiger partial charge in [-0.3, -0.25) is 0 Å². The maximum atomic E-state index is 2.47. The summed E-state index contributed by atoms with van der Waals surface area (Å²) in [4.78, 5) is 0. The molecule has 0 aliphatic heterocycles. The predicted octanol–water partition coefficient (Wildman–Crippen LogP) is 5.53. The summed E-state index contributed by atoms with van der Waals surface area (Å²) >= 11 is 0. The van der Waals surface area contributed by atoms with E-state index in [1.165, 1.54) is 32.1 Å². The van der Waals surface area contributed by atoms with Gasteiger partial charge in [-0.2, -0.15) is 0 Å². The summed E-state index contributed by atoms with van der Waals surface area (Å²) in [5.74, 6) is 3.46. The van der Waals surface area contributed by atoms with Crippen molar-refractivity contribution >= 4 is 0 Å². The molecule has 2 bridgehead atoms. The third kappa shape index (κ3) is 3.16. The summed E-state index contributed by atoms with van der Waals surface area (Å²) in [6, 6.07) is 0. The molecular weight excluding hydrogens is 216 g/mol. The Morgan fingerprint density at radius 2 is 2.00 bits per heavy atom. The summed E-state index contributed by atoms with van der Waals surface area (Å²) in [5.41, 5.74) is 1.55. The second kappa shape index (κ2) is 6.41. The van der Waals surface area contributed by atoms with Gasteiger partial charge in [-0.1, -0.05) is 49.8 Å². The van der Waals surface area contributed by atoms with Gasteiger partial charge < -0.3 is 0 Å². The highest BCUT2D eigenvalue weighted by Gasteiger charge is 2.35. The molecule has 0 aromatic heterocycles. The molecule has 18 heavy (non-hydrogen) atoms. The highest BCUT2D eigenvalue weighted by molar-refractivity contribution is 5.22. The monoisotopic (exact) mass is 244 g/mol. The molecule has 0 heterocycles. The molecule has 3 atom stereocenters. The lowest BCUT2D eigenvalue weighted by atomic mass is 9.87. The summed E-state index contributed by atoms with van der Waals surface area (Å²) in [5, 5.41) is 0. The van der Waals surface area contributed by atoms with E-state index in [4.69, 9.17) is 0 Å². The fourth-order valence-electron chi connectivity index (χ4n) is 3.53. The highest BCUT2D eigenvalue weighted by atomic mass is 14.4. The molecule has 1 saturated carbocycles. The van der Waals surface area contributed by atoms with Crippen LogP contribution in [-0.2, 0) is 0 Å². The molecule has 0 N–H and O–H groups in total. The van der Waals surface area contributed by atoms with Crippen molar-refractivity contribution in [2.75, 3.05) is 0 Å². The first-order valence-electron chi connectivity index (χ1n) is 7.78. The van der Waals surface area contributed by atoms with Crippen LogP contribution in [0.3, 0.4) is 0 Å². The molecule has 0 heteroatoms. The fraction of sp³-hybridized carbons (Fsp3) is 0.667. The van der Waals surface area contributed by atoms with Gasteiger partial charge in [0.05, 0.1) is 0 Å². The lowest BCUT2D eigenvalue weighted by Gasteiger charge is -2.18. The van der Waals surface area contributed by atoms with Crippen molar-refractivity contribution in [1.29, 1.82) is 0 Å². The summed E-state index contributed by atoms with van der Waals surface area (Å²) in [6.07, 6.45) is 18.7. The molecule has 2 aliphatic carbocycles. The zero-order valence-electron chi connectivity index (χ0n) is 12.2. The van der Waals surface area contributed by atoms with Crippen molar-refractivity contribution in [2.45, 2.75) is 52.9 Å². The van der Waals surface area contributed by atoms with E-state index in [2.05, 4.69) is 51.2 Å². The molecular formula is C18H28. The third-order valence-corrected chi connectivity index (χ3v) is 4.92. The van der Waals surface area contributed by atoms with Crippen molar-refractivity contribution in [1.82, 2.24) is 0 Å². The second-order valence-electron chi connectivity index (χ2n) is 6.04. The Kier molecular flexibility index (Phi) is 4.86. The number of hydrogen-bond acceptors (Lipinski definition) is 0. The van der Waals surface area contributed by atoms with Gasteiger partial charge in [0.2, 0.25) is 0 Å². The van der Waals surface area contributed by atoms with Crippen LogP contribution in [-0.4, -0.2) is 0 Å². The predicted molar refractivity (Wildman–Crippen MR) is 80.4 cm³/mol. The molecule has 0 aromatic carbocycles. The van der Waals surface area contributed by atoms with E-state index < -0.39 is 0 Å². The van der Waals surface area contributed by atoms with Crippen LogP contribution in [0, 0.1) is 23.7 Å². The van der Waals surface area contributed by atoms with Crippen LogP contribution in [0.1, 0.15) is 52.9 Å². The smallest absolute Gasteiger partial charge is 0.0196 e. The summed E-state index contributed by atoms with van der Waals surface area (Å²) in [7, 11) is 0. The highest BCUT2D eigenvalue weighted by Crippen LogP contribution is 2.46. The standard InChI is InChI=1S/C18H28/c1-4-14(5-2)7-8-15(6-3)11-18-13-16-9-10-17(18)12-16/h6-10,14,16-18H,4-5,11-13H2,1-3H3. The van der Waals surface area contributed by atoms with Gasteiger partial charge in [0.1, 0.15) is 0 Å². The minimum atomic E-state index is 0.764. The quantitative estimate of drug-likeness (QED) is 0.426. The number of allylic oxidation sites excluding steroid dienone is 6. The first-order chi connectivity index (χ1) is 8.76. The average Bonchev–Trinajstić information content (AvgIpc) is 3.00. The van der Waals surface area contributed by atoms with Crippen molar-refractivity contribution in [2.24, 2.45) is 23.7 Å².